The molecule has 0 radical (unpaired) electrons. The van der Waals surface area contributed by atoms with E-state index in [1.807, 2.05) is 0 Å². The summed E-state index contributed by atoms with van der Waals surface area (Å²) in [5, 5.41) is 6.94. The van der Waals surface area contributed by atoms with Gasteiger partial charge in [-0.2, -0.15) is 0 Å². The second-order valence-electron chi connectivity index (χ2n) is 4.12. The molecule has 0 spiro atoms. The molecule has 1 heterocycles. The zero-order chi connectivity index (χ0) is 13.0. The van der Waals surface area contributed by atoms with Crippen LogP contribution in [0.3, 0.4) is 0 Å². The third-order valence-corrected chi connectivity index (χ3v) is 3.43. The predicted molar refractivity (Wildman–Crippen MR) is 78.6 cm³/mol. The van der Waals surface area contributed by atoms with Gasteiger partial charge in [-0.15, -0.1) is 12.4 Å². The highest BCUT2D eigenvalue weighted by Gasteiger charge is 2.16. The summed E-state index contributed by atoms with van der Waals surface area (Å²) in [6.07, 6.45) is 0.957. The molecule has 0 aromatic heterocycles. The summed E-state index contributed by atoms with van der Waals surface area (Å²) in [6.45, 7) is 1.74. The molecule has 1 aliphatic rings. The van der Waals surface area contributed by atoms with Crippen molar-refractivity contribution in [3.05, 3.63) is 28.2 Å². The van der Waals surface area contributed by atoms with Gasteiger partial charge in [-0.3, -0.25) is 4.79 Å². The molecule has 1 aliphatic heterocycles. The maximum atomic E-state index is 11.6. The van der Waals surface area contributed by atoms with Crippen LogP contribution in [0.4, 0.5) is 0 Å². The first-order valence-electron chi connectivity index (χ1n) is 5.73. The smallest absolute Gasteiger partial charge is 0.258 e. The molecular weight excluding hydrogens is 311 g/mol. The quantitative estimate of drug-likeness (QED) is 0.893. The lowest BCUT2D eigenvalue weighted by Crippen LogP contribution is -2.39. The van der Waals surface area contributed by atoms with Crippen LogP contribution < -0.4 is 15.4 Å². The van der Waals surface area contributed by atoms with Crippen LogP contribution >= 0.6 is 35.6 Å². The molecule has 0 aliphatic carbocycles. The van der Waals surface area contributed by atoms with Crippen molar-refractivity contribution < 1.29 is 9.53 Å². The highest BCUT2D eigenvalue weighted by molar-refractivity contribution is 6.42. The topological polar surface area (TPSA) is 50.4 Å². The molecule has 7 heteroatoms. The molecule has 1 fully saturated rings. The molecule has 106 valence electrons. The van der Waals surface area contributed by atoms with Crippen molar-refractivity contribution in [2.24, 2.45) is 0 Å². The van der Waals surface area contributed by atoms with E-state index in [0.717, 1.165) is 19.5 Å². The van der Waals surface area contributed by atoms with E-state index in [1.54, 1.807) is 18.2 Å². The van der Waals surface area contributed by atoms with Crippen LogP contribution in [0.1, 0.15) is 6.42 Å². The van der Waals surface area contributed by atoms with Crippen molar-refractivity contribution in [2.45, 2.75) is 12.5 Å². The molecule has 0 saturated carbocycles. The number of amides is 1. The summed E-state index contributed by atoms with van der Waals surface area (Å²) in [4.78, 5) is 11.6. The average molecular weight is 326 g/mol. The third-order valence-electron chi connectivity index (χ3n) is 2.69. The van der Waals surface area contributed by atoms with Gasteiger partial charge in [-0.25, -0.2) is 0 Å². The lowest BCUT2D eigenvalue weighted by molar-refractivity contribution is -0.123. The summed E-state index contributed by atoms with van der Waals surface area (Å²) in [7, 11) is 0. The number of nitrogens with one attached hydrogen (secondary N) is 2. The largest absolute Gasteiger partial charge is 0.484 e. The van der Waals surface area contributed by atoms with E-state index in [0.29, 0.717) is 15.8 Å². The first-order chi connectivity index (χ1) is 8.65. The number of benzene rings is 1. The van der Waals surface area contributed by atoms with Gasteiger partial charge in [-0.05, 0) is 25.1 Å². The molecular formula is C12H15Cl3N2O2. The van der Waals surface area contributed by atoms with Gasteiger partial charge in [0.1, 0.15) is 5.75 Å². The van der Waals surface area contributed by atoms with Crippen LogP contribution in [0, 0.1) is 0 Å². The molecule has 1 atom stereocenters. The Balaban J connectivity index is 0.00000180. The Hall–Kier alpha value is -0.680. The van der Waals surface area contributed by atoms with Crippen LogP contribution in [0.15, 0.2) is 18.2 Å². The third kappa shape index (κ3) is 5.07. The molecule has 1 amide bonds. The number of carbonyl (C=O) groups is 1. The van der Waals surface area contributed by atoms with Crippen molar-refractivity contribution in [3.63, 3.8) is 0 Å². The summed E-state index contributed by atoms with van der Waals surface area (Å²) in [5.41, 5.74) is 0. The SMILES string of the molecule is Cl.O=C(COc1ccc(Cl)c(Cl)c1)NC1CCNC1. The lowest BCUT2D eigenvalue weighted by atomic mass is 10.2. The number of ether oxygens (including phenoxy) is 1. The summed E-state index contributed by atoms with van der Waals surface area (Å²) >= 11 is 11.6. The Kier molecular flexibility index (Phi) is 6.72. The Bertz CT molecular complexity index is 437. The Labute approximate surface area is 128 Å². The number of hydrogen-bond donors (Lipinski definition) is 2. The molecule has 4 nitrogen and oxygen atoms in total. The lowest BCUT2D eigenvalue weighted by Gasteiger charge is -2.12. The fourth-order valence-electron chi connectivity index (χ4n) is 1.76. The predicted octanol–water partition coefficient (Wildman–Crippen LogP) is 2.27. The van der Waals surface area contributed by atoms with E-state index < -0.39 is 0 Å². The average Bonchev–Trinajstić information content (AvgIpc) is 2.83. The van der Waals surface area contributed by atoms with Crippen LogP contribution in [-0.2, 0) is 4.79 Å². The van der Waals surface area contributed by atoms with E-state index in [1.165, 1.54) is 0 Å². The minimum absolute atomic E-state index is 0. The van der Waals surface area contributed by atoms with Crippen molar-refractivity contribution in [3.8, 4) is 5.75 Å². The fraction of sp³-hybridized carbons (Fsp3) is 0.417. The fourth-order valence-corrected chi connectivity index (χ4v) is 2.05. The molecule has 19 heavy (non-hydrogen) atoms. The van der Waals surface area contributed by atoms with Crippen LogP contribution in [0.25, 0.3) is 0 Å². The normalized spacial score (nSPS) is 17.7. The van der Waals surface area contributed by atoms with E-state index in [2.05, 4.69) is 10.6 Å². The first-order valence-corrected chi connectivity index (χ1v) is 6.48. The number of rotatable bonds is 4. The standard InChI is InChI=1S/C12H14Cl2N2O2.ClH/c13-10-2-1-9(5-11(10)14)18-7-12(17)16-8-3-4-15-6-8;/h1-2,5,8,15H,3-4,6-7H2,(H,16,17);1H. The maximum Gasteiger partial charge on any atom is 0.258 e. The number of hydrogen-bond acceptors (Lipinski definition) is 3. The van der Waals surface area contributed by atoms with Gasteiger partial charge in [0.15, 0.2) is 6.61 Å². The maximum absolute atomic E-state index is 11.6. The van der Waals surface area contributed by atoms with Gasteiger partial charge in [0.25, 0.3) is 5.91 Å². The first kappa shape index (κ1) is 16.4. The van der Waals surface area contributed by atoms with E-state index in [4.69, 9.17) is 27.9 Å². The zero-order valence-electron chi connectivity index (χ0n) is 10.1. The highest BCUT2D eigenvalue weighted by atomic mass is 35.5. The van der Waals surface area contributed by atoms with Gasteiger partial charge in [0.05, 0.1) is 10.0 Å². The Morgan fingerprint density at radius 1 is 1.42 bits per heavy atom. The monoisotopic (exact) mass is 324 g/mol. The van der Waals surface area contributed by atoms with Gasteiger partial charge >= 0.3 is 0 Å². The summed E-state index contributed by atoms with van der Waals surface area (Å²) in [6, 6.07) is 5.11. The van der Waals surface area contributed by atoms with Crippen LogP contribution in [0.5, 0.6) is 5.75 Å². The summed E-state index contributed by atoms with van der Waals surface area (Å²) < 4.78 is 5.34. The molecule has 2 N–H and O–H groups in total. The Morgan fingerprint density at radius 2 is 2.21 bits per heavy atom. The van der Waals surface area contributed by atoms with Crippen LogP contribution in [0.2, 0.25) is 10.0 Å². The minimum Gasteiger partial charge on any atom is -0.484 e. The van der Waals surface area contributed by atoms with Crippen LogP contribution in [-0.4, -0.2) is 31.6 Å². The van der Waals surface area contributed by atoms with Gasteiger partial charge in [0, 0.05) is 18.7 Å². The minimum atomic E-state index is -0.130. The molecule has 2 rings (SSSR count). The summed E-state index contributed by atoms with van der Waals surface area (Å²) in [5.74, 6) is 0.402. The molecule has 1 aromatic rings. The molecule has 1 aromatic carbocycles. The number of carbonyl (C=O) groups excluding carboxylic acids is 1. The zero-order valence-corrected chi connectivity index (χ0v) is 12.4. The van der Waals surface area contributed by atoms with Crippen molar-refractivity contribution in [1.29, 1.82) is 0 Å². The highest BCUT2D eigenvalue weighted by Crippen LogP contribution is 2.26. The van der Waals surface area contributed by atoms with E-state index in [-0.39, 0.29) is 31.0 Å². The van der Waals surface area contributed by atoms with Gasteiger partial charge < -0.3 is 15.4 Å². The van der Waals surface area contributed by atoms with Crippen molar-refractivity contribution in [2.75, 3.05) is 19.7 Å². The molecule has 1 unspecified atom stereocenters. The second kappa shape index (κ2) is 7.80. The molecule has 1 saturated heterocycles. The van der Waals surface area contributed by atoms with Gasteiger partial charge in [-0.1, -0.05) is 23.2 Å². The Morgan fingerprint density at radius 3 is 2.84 bits per heavy atom. The van der Waals surface area contributed by atoms with Crippen molar-refractivity contribution >= 4 is 41.5 Å². The van der Waals surface area contributed by atoms with E-state index >= 15 is 0 Å². The molecule has 0 bridgehead atoms. The van der Waals surface area contributed by atoms with Gasteiger partial charge in [0.2, 0.25) is 0 Å². The van der Waals surface area contributed by atoms with Crippen molar-refractivity contribution in [1.82, 2.24) is 10.6 Å². The number of halogens is 3. The second-order valence-corrected chi connectivity index (χ2v) is 4.94. The van der Waals surface area contributed by atoms with E-state index in [9.17, 15) is 4.79 Å².